The van der Waals surface area contributed by atoms with Crippen LogP contribution in [0.15, 0.2) is 97.1 Å². The number of fused-ring (bicyclic) bond motifs is 10. The predicted molar refractivity (Wildman–Crippen MR) is 112 cm³/mol. The fourth-order valence-electron chi connectivity index (χ4n) is 4.49. The van der Waals surface area contributed by atoms with Gasteiger partial charge in [-0.1, -0.05) is 84.9 Å². The topological polar surface area (TPSA) is 0 Å². The summed E-state index contributed by atoms with van der Waals surface area (Å²) in [4.78, 5) is 0. The van der Waals surface area contributed by atoms with Crippen LogP contribution in [-0.4, -0.2) is 0 Å². The van der Waals surface area contributed by atoms with E-state index in [1.807, 2.05) is 0 Å². The Kier molecular flexibility index (Phi) is 2.70. The lowest BCUT2D eigenvalue weighted by Crippen LogP contribution is -1.77. The van der Waals surface area contributed by atoms with Crippen LogP contribution in [0.4, 0.5) is 0 Å². The lowest BCUT2D eigenvalue weighted by molar-refractivity contribution is 1.84. The van der Waals surface area contributed by atoms with Gasteiger partial charge in [0.1, 0.15) is 0 Å². The van der Waals surface area contributed by atoms with Gasteiger partial charge in [-0.15, -0.1) is 0 Å². The highest BCUT2D eigenvalue weighted by Crippen LogP contribution is 2.48. The van der Waals surface area contributed by atoms with Gasteiger partial charge in [-0.05, 0) is 66.7 Å². The fourth-order valence-corrected chi connectivity index (χ4v) is 4.49. The zero-order valence-electron chi connectivity index (χ0n) is 14.2. The molecule has 0 nitrogen and oxygen atoms in total. The zero-order chi connectivity index (χ0) is 17.1. The van der Waals surface area contributed by atoms with Crippen molar-refractivity contribution in [2.45, 2.75) is 0 Å². The first-order chi connectivity index (χ1) is 12.9. The van der Waals surface area contributed by atoms with Gasteiger partial charge in [0, 0.05) is 0 Å². The maximum atomic E-state index is 2.36. The van der Waals surface area contributed by atoms with Crippen molar-refractivity contribution in [2.24, 2.45) is 0 Å². The Morgan fingerprint density at radius 1 is 0.346 bits per heavy atom. The van der Waals surface area contributed by atoms with Crippen LogP contribution in [0.25, 0.3) is 54.6 Å². The quantitative estimate of drug-likeness (QED) is 0.273. The maximum Gasteiger partial charge on any atom is -0.00139 e. The van der Waals surface area contributed by atoms with Crippen molar-refractivity contribution in [3.8, 4) is 22.3 Å². The second kappa shape index (κ2) is 5.06. The molecular weight excluding hydrogens is 312 g/mol. The molecule has 0 bridgehead atoms. The highest BCUT2D eigenvalue weighted by atomic mass is 14.2. The van der Waals surface area contributed by atoms with Crippen LogP contribution in [-0.2, 0) is 0 Å². The van der Waals surface area contributed by atoms with Crippen LogP contribution < -0.4 is 0 Å². The third-order valence-electron chi connectivity index (χ3n) is 5.58. The fraction of sp³-hybridized carbons (Fsp3) is 0. The minimum Gasteiger partial charge on any atom is -0.0622 e. The van der Waals surface area contributed by atoms with E-state index >= 15 is 0 Å². The average Bonchev–Trinajstić information content (AvgIpc) is 2.99. The van der Waals surface area contributed by atoms with Crippen LogP contribution in [0.2, 0.25) is 0 Å². The van der Waals surface area contributed by atoms with Crippen molar-refractivity contribution in [1.29, 1.82) is 0 Å². The molecule has 0 aromatic heterocycles. The number of hydrogen-bond acceptors (Lipinski definition) is 0. The van der Waals surface area contributed by atoms with E-state index in [9.17, 15) is 0 Å². The summed E-state index contributed by atoms with van der Waals surface area (Å²) in [5.74, 6) is 0. The molecule has 0 saturated heterocycles. The van der Waals surface area contributed by atoms with E-state index < -0.39 is 0 Å². The van der Waals surface area contributed by atoms with Gasteiger partial charge in [0.2, 0.25) is 0 Å². The summed E-state index contributed by atoms with van der Waals surface area (Å²) in [5, 5.41) is 8.15. The summed E-state index contributed by atoms with van der Waals surface area (Å²) < 4.78 is 0. The van der Waals surface area contributed by atoms with Crippen LogP contribution in [0.1, 0.15) is 0 Å². The van der Waals surface area contributed by atoms with Crippen molar-refractivity contribution in [2.75, 3.05) is 0 Å². The highest BCUT2D eigenvalue weighted by Gasteiger charge is 2.20. The second-order valence-electron chi connectivity index (χ2n) is 6.97. The Morgan fingerprint density at radius 3 is 1.27 bits per heavy atom. The standard InChI is InChI=1S/C26H16/c1-3-9-17-15-23-21-13-7-8-14-22(21)24-16-18-10-4-2-6-12-20(18)26(24)25(23)19(17)11-5-1/h1-16H. The van der Waals surface area contributed by atoms with Gasteiger partial charge in [-0.2, -0.15) is 0 Å². The van der Waals surface area contributed by atoms with Crippen molar-refractivity contribution in [3.63, 3.8) is 0 Å². The molecule has 26 heavy (non-hydrogen) atoms. The molecule has 0 saturated carbocycles. The van der Waals surface area contributed by atoms with E-state index in [1.54, 1.807) is 0 Å². The largest absolute Gasteiger partial charge is 0.0622 e. The van der Waals surface area contributed by atoms with Crippen LogP contribution in [0.3, 0.4) is 0 Å². The molecule has 0 heterocycles. The Labute approximate surface area is 152 Å². The summed E-state index contributed by atoms with van der Waals surface area (Å²) in [7, 11) is 0. The number of rotatable bonds is 0. The minimum atomic E-state index is 1.30. The van der Waals surface area contributed by atoms with Gasteiger partial charge in [-0.25, -0.2) is 0 Å². The molecule has 120 valence electrons. The molecule has 0 heteroatoms. The Balaban J connectivity index is 2.01. The SMILES string of the molecule is c1ccc2cc3c4ccccc4c4cc5cccccc-5c4c3c-2cc1. The Bertz CT molecular complexity index is 1270. The molecule has 2 aromatic carbocycles. The van der Waals surface area contributed by atoms with Gasteiger partial charge >= 0.3 is 0 Å². The van der Waals surface area contributed by atoms with E-state index in [1.165, 1.54) is 54.6 Å². The summed E-state index contributed by atoms with van der Waals surface area (Å²) in [6.07, 6.45) is 0. The second-order valence-corrected chi connectivity index (χ2v) is 6.97. The third kappa shape index (κ3) is 1.74. The van der Waals surface area contributed by atoms with Crippen molar-refractivity contribution < 1.29 is 0 Å². The van der Waals surface area contributed by atoms with E-state index in [0.29, 0.717) is 0 Å². The third-order valence-corrected chi connectivity index (χ3v) is 5.58. The van der Waals surface area contributed by atoms with Gasteiger partial charge in [-0.3, -0.25) is 0 Å². The molecule has 0 radical (unpaired) electrons. The summed E-state index contributed by atoms with van der Waals surface area (Å²) in [6.45, 7) is 0. The van der Waals surface area contributed by atoms with E-state index in [0.717, 1.165) is 0 Å². The smallest absolute Gasteiger partial charge is 0.00139 e. The molecule has 0 unspecified atom stereocenters. The normalized spacial score (nSPS) is 11.8. The molecule has 0 atom stereocenters. The van der Waals surface area contributed by atoms with E-state index in [-0.39, 0.29) is 0 Å². The van der Waals surface area contributed by atoms with Crippen LogP contribution >= 0.6 is 0 Å². The first-order valence-corrected chi connectivity index (χ1v) is 9.05. The molecule has 4 aliphatic carbocycles. The summed E-state index contributed by atoms with van der Waals surface area (Å²) in [6, 6.07) is 35.2. The lowest BCUT2D eigenvalue weighted by Gasteiger charge is -2.06. The predicted octanol–water partition coefficient (Wildman–Crippen LogP) is 7.36. The monoisotopic (exact) mass is 328 g/mol. The maximum absolute atomic E-state index is 2.36. The van der Waals surface area contributed by atoms with Crippen molar-refractivity contribution in [3.05, 3.63) is 97.1 Å². The molecule has 6 rings (SSSR count). The highest BCUT2D eigenvalue weighted by molar-refractivity contribution is 6.34. The zero-order valence-corrected chi connectivity index (χ0v) is 14.2. The molecule has 0 fully saturated rings. The average molecular weight is 328 g/mol. The van der Waals surface area contributed by atoms with Crippen LogP contribution in [0, 0.1) is 0 Å². The summed E-state index contributed by atoms with van der Waals surface area (Å²) >= 11 is 0. The van der Waals surface area contributed by atoms with Gasteiger partial charge in [0.15, 0.2) is 0 Å². The molecular formula is C26H16. The molecule has 0 spiro atoms. The molecule has 0 aliphatic heterocycles. The Morgan fingerprint density at radius 2 is 0.769 bits per heavy atom. The summed E-state index contributed by atoms with van der Waals surface area (Å²) in [5.41, 5.74) is 5.27. The van der Waals surface area contributed by atoms with Gasteiger partial charge in [0.05, 0.1) is 0 Å². The molecule has 2 aromatic rings. The van der Waals surface area contributed by atoms with Crippen LogP contribution in [0.5, 0.6) is 0 Å². The first-order valence-electron chi connectivity index (χ1n) is 9.05. The van der Waals surface area contributed by atoms with E-state index in [2.05, 4.69) is 97.1 Å². The van der Waals surface area contributed by atoms with Crippen molar-refractivity contribution >= 4 is 32.3 Å². The van der Waals surface area contributed by atoms with E-state index in [4.69, 9.17) is 0 Å². The molecule has 0 N–H and O–H groups in total. The minimum absolute atomic E-state index is 1.30. The number of benzene rings is 2. The van der Waals surface area contributed by atoms with Gasteiger partial charge < -0.3 is 0 Å². The Hall–Kier alpha value is -3.38. The molecule has 0 amide bonds. The molecule has 4 aliphatic rings. The van der Waals surface area contributed by atoms with Crippen molar-refractivity contribution in [1.82, 2.24) is 0 Å². The first kappa shape index (κ1) is 13.9. The number of hydrogen-bond donors (Lipinski definition) is 0. The lowest BCUT2D eigenvalue weighted by atomic mass is 9.97. The van der Waals surface area contributed by atoms with Gasteiger partial charge in [0.25, 0.3) is 0 Å².